The van der Waals surface area contributed by atoms with E-state index in [1.807, 2.05) is 6.92 Å². The van der Waals surface area contributed by atoms with Crippen LogP contribution in [0.1, 0.15) is 52.4 Å². The van der Waals surface area contributed by atoms with Crippen molar-refractivity contribution in [1.29, 1.82) is 0 Å². The third-order valence-corrected chi connectivity index (χ3v) is 6.04. The predicted octanol–water partition coefficient (Wildman–Crippen LogP) is -1.92. The quantitative estimate of drug-likeness (QED) is 0.105. The second-order valence-electron chi connectivity index (χ2n) is 8.76. The molecule has 2 rings (SSSR count). The first kappa shape index (κ1) is 32.1. The zero-order valence-electron chi connectivity index (χ0n) is 20.2. The third-order valence-electron chi connectivity index (χ3n) is 6.04. The van der Waals surface area contributed by atoms with Gasteiger partial charge in [-0.1, -0.05) is 39.0 Å². The van der Waals surface area contributed by atoms with E-state index in [4.69, 9.17) is 28.8 Å². The number of ether oxygens (including phenoxy) is 4. The Morgan fingerprint density at radius 2 is 1.31 bits per heavy atom. The van der Waals surface area contributed by atoms with E-state index in [1.54, 1.807) is 0 Å². The van der Waals surface area contributed by atoms with Crippen molar-refractivity contribution in [2.24, 2.45) is 0 Å². The molecule has 0 saturated carbocycles. The van der Waals surface area contributed by atoms with Gasteiger partial charge in [-0.15, -0.1) is 0 Å². The number of rotatable bonds is 12. The van der Waals surface area contributed by atoms with Gasteiger partial charge in [-0.05, 0) is 13.3 Å². The van der Waals surface area contributed by atoms with Crippen LogP contribution in [0.3, 0.4) is 0 Å². The van der Waals surface area contributed by atoms with E-state index in [-0.39, 0.29) is 12.6 Å². The van der Waals surface area contributed by atoms with Gasteiger partial charge < -0.3 is 59.8 Å². The van der Waals surface area contributed by atoms with Crippen LogP contribution < -0.4 is 0 Å². The van der Waals surface area contributed by atoms with Crippen LogP contribution in [0.5, 0.6) is 0 Å². The molecule has 0 aromatic carbocycles. The first-order valence-corrected chi connectivity index (χ1v) is 12.0. The van der Waals surface area contributed by atoms with Crippen LogP contribution in [0.15, 0.2) is 0 Å². The van der Waals surface area contributed by atoms with Gasteiger partial charge >= 0.3 is 0 Å². The molecule has 2 heterocycles. The molecular weight excluding hydrogens is 472 g/mol. The molecule has 11 atom stereocenters. The minimum Gasteiger partial charge on any atom is -0.483 e. The zero-order valence-corrected chi connectivity index (χ0v) is 20.2. The summed E-state index contributed by atoms with van der Waals surface area (Å²) in [5.74, 6) is 0. The molecule has 2 aliphatic heterocycles. The minimum absolute atomic E-state index is 0.250. The van der Waals surface area contributed by atoms with Gasteiger partial charge in [0, 0.05) is 0 Å². The summed E-state index contributed by atoms with van der Waals surface area (Å²) < 4.78 is 22.5. The predicted molar refractivity (Wildman–Crippen MR) is 119 cm³/mol. The zero-order chi connectivity index (χ0) is 26.5. The molecule has 35 heavy (non-hydrogen) atoms. The van der Waals surface area contributed by atoms with Crippen molar-refractivity contribution in [3.05, 3.63) is 0 Å². The number of carboxylic acid groups (broad SMARTS) is 1. The average molecular weight is 515 g/mol. The molecule has 8 N–H and O–H groups in total. The van der Waals surface area contributed by atoms with Gasteiger partial charge in [0.15, 0.2) is 12.6 Å². The van der Waals surface area contributed by atoms with Crippen LogP contribution in [0.4, 0.5) is 0 Å². The molecule has 0 aromatic heterocycles. The van der Waals surface area contributed by atoms with Gasteiger partial charge in [0.1, 0.15) is 48.8 Å². The Morgan fingerprint density at radius 1 is 0.800 bits per heavy atom. The number of hydrogen-bond acceptors (Lipinski definition) is 12. The Bertz CT molecular complexity index is 565. The van der Waals surface area contributed by atoms with E-state index >= 15 is 0 Å². The van der Waals surface area contributed by atoms with Gasteiger partial charge in [-0.2, -0.15) is 0 Å². The highest BCUT2D eigenvalue weighted by atomic mass is 16.8. The highest BCUT2D eigenvalue weighted by Gasteiger charge is 2.51. The van der Waals surface area contributed by atoms with Gasteiger partial charge in [0.2, 0.25) is 0 Å². The molecule has 2 saturated heterocycles. The summed E-state index contributed by atoms with van der Waals surface area (Å²) in [6.07, 6.45) is -8.51. The molecule has 13 nitrogen and oxygen atoms in total. The third kappa shape index (κ3) is 9.44. The van der Waals surface area contributed by atoms with E-state index in [0.717, 1.165) is 38.5 Å². The fourth-order valence-corrected chi connectivity index (χ4v) is 3.98. The van der Waals surface area contributed by atoms with Crippen molar-refractivity contribution < 1.29 is 64.6 Å². The molecule has 11 unspecified atom stereocenters. The first-order valence-electron chi connectivity index (χ1n) is 12.0. The average Bonchev–Trinajstić information content (AvgIpc) is 2.83. The van der Waals surface area contributed by atoms with Gasteiger partial charge in [0.05, 0.1) is 19.3 Å². The number of carbonyl (C=O) groups is 1. The molecular formula is C22H42O13. The van der Waals surface area contributed by atoms with Crippen LogP contribution in [0.2, 0.25) is 0 Å². The maximum atomic E-state index is 10.6. The first-order chi connectivity index (χ1) is 16.7. The fourth-order valence-electron chi connectivity index (χ4n) is 3.98. The van der Waals surface area contributed by atoms with Gasteiger partial charge in [-0.3, -0.25) is 4.79 Å². The van der Waals surface area contributed by atoms with Crippen molar-refractivity contribution >= 4 is 6.47 Å². The minimum atomic E-state index is -1.69. The number of unbranched alkanes of at least 4 members (excludes halogenated alkanes) is 4. The molecule has 0 radical (unpaired) electrons. The standard InChI is InChI=1S/C21H40O11.CH2O2/c1-3-4-5-6-7-8-11(2)29-21-19(17(27)15(25)13(10-23)31-21)32-20-18(28)16(26)14(24)12(9-22)30-20;2-1-3/h11-28H,3-10H2,1-2H3;1H,(H,2,3). The molecule has 0 amide bonds. The Kier molecular flexibility index (Phi) is 15.3. The SMILES string of the molecule is CCCCCCCC(C)OC1OC(CO)C(O)C(O)C1OC1OC(CO)C(O)C(O)C1O.O=CO. The summed E-state index contributed by atoms with van der Waals surface area (Å²) in [7, 11) is 0. The van der Waals surface area contributed by atoms with E-state index in [1.165, 1.54) is 0 Å². The maximum absolute atomic E-state index is 10.6. The Balaban J connectivity index is 0.00000194. The van der Waals surface area contributed by atoms with Crippen molar-refractivity contribution in [3.8, 4) is 0 Å². The Hall–Kier alpha value is -0.970. The summed E-state index contributed by atoms with van der Waals surface area (Å²) in [6.45, 7) is 2.52. The van der Waals surface area contributed by atoms with Crippen LogP contribution in [0.25, 0.3) is 0 Å². The lowest BCUT2D eigenvalue weighted by atomic mass is 9.97. The Morgan fingerprint density at radius 3 is 1.86 bits per heavy atom. The monoisotopic (exact) mass is 514 g/mol. The molecule has 0 aromatic rings. The number of aliphatic hydroxyl groups is 7. The molecule has 0 aliphatic carbocycles. The van der Waals surface area contributed by atoms with Crippen molar-refractivity contribution in [2.75, 3.05) is 13.2 Å². The van der Waals surface area contributed by atoms with Gasteiger partial charge in [-0.25, -0.2) is 0 Å². The second-order valence-corrected chi connectivity index (χ2v) is 8.76. The second kappa shape index (κ2) is 16.7. The Labute approximate surface area is 204 Å². The lowest BCUT2D eigenvalue weighted by molar-refractivity contribution is -0.371. The topological polar surface area (TPSA) is 216 Å². The largest absolute Gasteiger partial charge is 0.483 e. The van der Waals surface area contributed by atoms with Crippen LogP contribution in [-0.2, 0) is 23.7 Å². The summed E-state index contributed by atoms with van der Waals surface area (Å²) in [6, 6.07) is 0. The molecule has 2 fully saturated rings. The molecule has 208 valence electrons. The normalized spacial score (nSPS) is 38.3. The maximum Gasteiger partial charge on any atom is 0.290 e. The van der Waals surface area contributed by atoms with Crippen molar-refractivity contribution in [1.82, 2.24) is 0 Å². The van der Waals surface area contributed by atoms with Gasteiger partial charge in [0.25, 0.3) is 6.47 Å². The van der Waals surface area contributed by atoms with Crippen LogP contribution in [0, 0.1) is 0 Å². The summed E-state index contributed by atoms with van der Waals surface area (Å²) in [5, 5.41) is 76.8. The lowest BCUT2D eigenvalue weighted by Crippen LogP contribution is -2.64. The summed E-state index contributed by atoms with van der Waals surface area (Å²) in [5.41, 5.74) is 0. The fraction of sp³-hybridized carbons (Fsp3) is 0.955. The number of hydrogen-bond donors (Lipinski definition) is 8. The van der Waals surface area contributed by atoms with Crippen molar-refractivity contribution in [2.45, 2.75) is 120 Å². The van der Waals surface area contributed by atoms with E-state index < -0.39 is 74.6 Å². The summed E-state index contributed by atoms with van der Waals surface area (Å²) >= 11 is 0. The van der Waals surface area contributed by atoms with E-state index in [0.29, 0.717) is 0 Å². The van der Waals surface area contributed by atoms with E-state index in [9.17, 15) is 35.7 Å². The van der Waals surface area contributed by atoms with Crippen LogP contribution in [-0.4, -0.2) is 128 Å². The molecule has 0 bridgehead atoms. The lowest BCUT2D eigenvalue weighted by Gasteiger charge is -2.46. The molecule has 13 heteroatoms. The van der Waals surface area contributed by atoms with E-state index in [2.05, 4.69) is 6.92 Å². The number of aliphatic hydroxyl groups excluding tert-OH is 7. The highest BCUT2D eigenvalue weighted by Crippen LogP contribution is 2.30. The smallest absolute Gasteiger partial charge is 0.290 e. The van der Waals surface area contributed by atoms with Crippen LogP contribution >= 0.6 is 0 Å². The summed E-state index contributed by atoms with van der Waals surface area (Å²) in [4.78, 5) is 8.36. The van der Waals surface area contributed by atoms with Crippen molar-refractivity contribution in [3.63, 3.8) is 0 Å². The highest BCUT2D eigenvalue weighted by molar-refractivity contribution is 5.32. The molecule has 0 spiro atoms. The molecule has 2 aliphatic rings.